The number of nitrogens with one attached hydrogen (secondary N) is 1. The van der Waals surface area contributed by atoms with E-state index in [1.807, 2.05) is 7.05 Å². The minimum absolute atomic E-state index is 0. The molecule has 0 bridgehead atoms. The molecule has 1 aliphatic rings. The van der Waals surface area contributed by atoms with Crippen LogP contribution < -0.4 is 5.32 Å². The Morgan fingerprint density at radius 2 is 2.00 bits per heavy atom. The number of halogens is 2. The maximum Gasteiger partial charge on any atom is 0.193 e. The van der Waals surface area contributed by atoms with Crippen molar-refractivity contribution in [3.63, 3.8) is 0 Å². The Bertz CT molecular complexity index is 830. The molecular formula is C22H32BrIN4O. The van der Waals surface area contributed by atoms with Gasteiger partial charge in [-0.1, -0.05) is 24.3 Å². The predicted molar refractivity (Wildman–Crippen MR) is 134 cm³/mol. The summed E-state index contributed by atoms with van der Waals surface area (Å²) in [5, 5.41) is 3.65. The van der Waals surface area contributed by atoms with E-state index in [4.69, 9.17) is 4.74 Å². The molecule has 0 aliphatic carbocycles. The van der Waals surface area contributed by atoms with E-state index in [-0.39, 0.29) is 29.4 Å². The maximum absolute atomic E-state index is 5.69. The van der Waals surface area contributed by atoms with Crippen molar-refractivity contribution in [2.24, 2.45) is 12.0 Å². The molecule has 7 heteroatoms. The van der Waals surface area contributed by atoms with E-state index >= 15 is 0 Å². The smallest absolute Gasteiger partial charge is 0.193 e. The van der Waals surface area contributed by atoms with Crippen molar-refractivity contribution >= 4 is 45.9 Å². The highest BCUT2D eigenvalue weighted by Gasteiger charge is 2.35. The van der Waals surface area contributed by atoms with Crippen LogP contribution in [0, 0.1) is 6.92 Å². The van der Waals surface area contributed by atoms with Crippen molar-refractivity contribution in [3.8, 4) is 0 Å². The third-order valence-corrected chi connectivity index (χ3v) is 6.23. The molecule has 1 saturated heterocycles. The van der Waals surface area contributed by atoms with Gasteiger partial charge in [0.2, 0.25) is 0 Å². The lowest BCUT2D eigenvalue weighted by Gasteiger charge is -2.39. The SMILES string of the molecule is CN=C(NCC1(c2ccccc2C)CCOCC1)N(C)Cc1cc(Br)cn1C.I. The number of rotatable bonds is 5. The second kappa shape index (κ2) is 10.8. The fourth-order valence-corrected chi connectivity index (χ4v) is 4.72. The minimum atomic E-state index is 0. The number of ether oxygens (including phenoxy) is 1. The Balaban J connectivity index is 0.00000300. The number of guanidine groups is 1. The Kier molecular flexibility index (Phi) is 9.03. The molecule has 2 heterocycles. The number of aryl methyl sites for hydroxylation is 2. The van der Waals surface area contributed by atoms with E-state index in [0.717, 1.165) is 49.6 Å². The Hall–Kier alpha value is -1.06. The molecule has 1 fully saturated rings. The standard InChI is InChI=1S/C22H31BrN4O.HI/c1-17-7-5-6-8-20(17)22(9-11-28-12-10-22)16-25-21(24-2)27(4)15-19-13-18(23)14-26(19)3;/h5-8,13-14H,9-12,15-16H2,1-4H3,(H,24,25);1H. The zero-order valence-corrected chi connectivity index (χ0v) is 21.7. The number of hydrogen-bond donors (Lipinski definition) is 1. The largest absolute Gasteiger partial charge is 0.381 e. The fourth-order valence-electron chi connectivity index (χ4n) is 4.15. The van der Waals surface area contributed by atoms with E-state index in [9.17, 15) is 0 Å². The van der Waals surface area contributed by atoms with Crippen molar-refractivity contribution in [3.05, 3.63) is 57.8 Å². The van der Waals surface area contributed by atoms with Crippen molar-refractivity contribution < 1.29 is 4.74 Å². The van der Waals surface area contributed by atoms with Crippen molar-refractivity contribution in [1.29, 1.82) is 0 Å². The molecule has 1 N–H and O–H groups in total. The highest BCUT2D eigenvalue weighted by molar-refractivity contribution is 14.0. The average Bonchev–Trinajstić information content (AvgIpc) is 3.00. The summed E-state index contributed by atoms with van der Waals surface area (Å²) in [4.78, 5) is 6.70. The summed E-state index contributed by atoms with van der Waals surface area (Å²) in [6.45, 7) is 5.47. The number of aromatic nitrogens is 1. The summed E-state index contributed by atoms with van der Waals surface area (Å²) >= 11 is 3.55. The van der Waals surface area contributed by atoms with Crippen LogP contribution in [0.3, 0.4) is 0 Å². The quantitative estimate of drug-likeness (QED) is 0.325. The van der Waals surface area contributed by atoms with Gasteiger partial charge in [-0.2, -0.15) is 0 Å². The topological polar surface area (TPSA) is 41.8 Å². The molecule has 0 spiro atoms. The molecule has 1 aromatic heterocycles. The van der Waals surface area contributed by atoms with Gasteiger partial charge < -0.3 is 19.5 Å². The van der Waals surface area contributed by atoms with Gasteiger partial charge in [-0.25, -0.2) is 0 Å². The number of benzene rings is 1. The molecule has 160 valence electrons. The Morgan fingerprint density at radius 3 is 2.59 bits per heavy atom. The van der Waals surface area contributed by atoms with Crippen LogP contribution >= 0.6 is 39.9 Å². The van der Waals surface area contributed by atoms with E-state index in [1.54, 1.807) is 0 Å². The molecule has 1 aliphatic heterocycles. The van der Waals surface area contributed by atoms with Crippen LogP contribution in [0.5, 0.6) is 0 Å². The first-order valence-electron chi connectivity index (χ1n) is 9.81. The van der Waals surface area contributed by atoms with E-state index in [2.05, 4.69) is 93.3 Å². The Labute approximate surface area is 200 Å². The van der Waals surface area contributed by atoms with Crippen molar-refractivity contribution in [1.82, 2.24) is 14.8 Å². The zero-order chi connectivity index (χ0) is 20.1. The van der Waals surface area contributed by atoms with Crippen LogP contribution in [0.25, 0.3) is 0 Å². The lowest BCUT2D eigenvalue weighted by molar-refractivity contribution is 0.0510. The molecule has 3 rings (SSSR count). The molecule has 0 unspecified atom stereocenters. The van der Waals surface area contributed by atoms with E-state index < -0.39 is 0 Å². The molecule has 5 nitrogen and oxygen atoms in total. The fraction of sp³-hybridized carbons (Fsp3) is 0.500. The summed E-state index contributed by atoms with van der Waals surface area (Å²) < 4.78 is 8.92. The second-order valence-corrected chi connectivity index (χ2v) is 8.64. The minimum Gasteiger partial charge on any atom is -0.381 e. The molecule has 0 amide bonds. The summed E-state index contributed by atoms with van der Waals surface area (Å²) in [5.74, 6) is 0.914. The van der Waals surface area contributed by atoms with Gasteiger partial charge in [0.05, 0.1) is 6.54 Å². The Morgan fingerprint density at radius 1 is 1.31 bits per heavy atom. The van der Waals surface area contributed by atoms with E-state index in [0.29, 0.717) is 0 Å². The summed E-state index contributed by atoms with van der Waals surface area (Å²) in [5.41, 5.74) is 4.09. The van der Waals surface area contributed by atoms with Gasteiger partial charge in [0.15, 0.2) is 5.96 Å². The van der Waals surface area contributed by atoms with Crippen LogP contribution in [0.15, 0.2) is 46.0 Å². The van der Waals surface area contributed by atoms with Crippen LogP contribution in [-0.4, -0.2) is 49.3 Å². The normalized spacial score (nSPS) is 16.2. The van der Waals surface area contributed by atoms with Crippen LogP contribution in [-0.2, 0) is 23.7 Å². The predicted octanol–water partition coefficient (Wildman–Crippen LogP) is 4.47. The van der Waals surface area contributed by atoms with Crippen molar-refractivity contribution in [2.75, 3.05) is 33.9 Å². The van der Waals surface area contributed by atoms with Gasteiger partial charge in [0, 0.05) is 62.7 Å². The highest BCUT2D eigenvalue weighted by atomic mass is 127. The third kappa shape index (κ3) is 5.76. The lowest BCUT2D eigenvalue weighted by Crippen LogP contribution is -2.48. The van der Waals surface area contributed by atoms with E-state index in [1.165, 1.54) is 16.8 Å². The van der Waals surface area contributed by atoms with Crippen LogP contribution in [0.2, 0.25) is 0 Å². The van der Waals surface area contributed by atoms with Gasteiger partial charge >= 0.3 is 0 Å². The summed E-state index contributed by atoms with van der Waals surface area (Å²) in [7, 11) is 6.00. The molecule has 0 radical (unpaired) electrons. The van der Waals surface area contributed by atoms with Gasteiger partial charge in [0.1, 0.15) is 0 Å². The van der Waals surface area contributed by atoms with Gasteiger partial charge in [0.25, 0.3) is 0 Å². The first kappa shape index (κ1) is 24.2. The van der Waals surface area contributed by atoms with Crippen LogP contribution in [0.4, 0.5) is 0 Å². The molecule has 0 saturated carbocycles. The number of aliphatic imine (C=N–C) groups is 1. The van der Waals surface area contributed by atoms with Crippen LogP contribution in [0.1, 0.15) is 29.7 Å². The number of nitrogens with zero attached hydrogens (tertiary/aromatic N) is 3. The average molecular weight is 575 g/mol. The van der Waals surface area contributed by atoms with Gasteiger partial charge in [-0.05, 0) is 52.9 Å². The molecule has 2 aromatic rings. The second-order valence-electron chi connectivity index (χ2n) is 7.73. The molecular weight excluding hydrogens is 543 g/mol. The van der Waals surface area contributed by atoms with Gasteiger partial charge in [-0.3, -0.25) is 4.99 Å². The zero-order valence-electron chi connectivity index (χ0n) is 17.7. The third-order valence-electron chi connectivity index (χ3n) is 5.80. The molecule has 29 heavy (non-hydrogen) atoms. The highest BCUT2D eigenvalue weighted by Crippen LogP contribution is 2.36. The summed E-state index contributed by atoms with van der Waals surface area (Å²) in [6, 6.07) is 10.9. The van der Waals surface area contributed by atoms with Crippen molar-refractivity contribution in [2.45, 2.75) is 31.7 Å². The lowest BCUT2D eigenvalue weighted by atomic mass is 9.72. The monoisotopic (exact) mass is 574 g/mol. The maximum atomic E-state index is 5.69. The van der Waals surface area contributed by atoms with Gasteiger partial charge in [-0.15, -0.1) is 24.0 Å². The summed E-state index contributed by atoms with van der Waals surface area (Å²) in [6.07, 6.45) is 4.13. The molecule has 1 aromatic carbocycles. The number of hydrogen-bond acceptors (Lipinski definition) is 2. The first-order chi connectivity index (χ1) is 13.4. The first-order valence-corrected chi connectivity index (χ1v) is 10.6. The molecule has 0 atom stereocenters.